The third kappa shape index (κ3) is 3.98. The highest BCUT2D eigenvalue weighted by atomic mass is 16.5. The van der Waals surface area contributed by atoms with Gasteiger partial charge in [-0.25, -0.2) is 0 Å². The molecule has 34 heavy (non-hydrogen) atoms. The van der Waals surface area contributed by atoms with Crippen LogP contribution in [-0.4, -0.2) is 36.4 Å². The number of nitrogens with zero attached hydrogens (tertiary/aromatic N) is 1. The van der Waals surface area contributed by atoms with E-state index in [1.807, 2.05) is 31.3 Å². The van der Waals surface area contributed by atoms with E-state index in [0.29, 0.717) is 35.3 Å². The first kappa shape index (κ1) is 23.8. The monoisotopic (exact) mass is 466 g/mol. The van der Waals surface area contributed by atoms with E-state index in [4.69, 9.17) is 4.74 Å². The number of rotatable bonds is 5. The van der Waals surface area contributed by atoms with E-state index >= 15 is 0 Å². The van der Waals surface area contributed by atoms with Crippen molar-refractivity contribution < 1.29 is 14.3 Å². The van der Waals surface area contributed by atoms with Crippen molar-refractivity contribution in [3.63, 3.8) is 0 Å². The highest BCUT2D eigenvalue weighted by Gasteiger charge is 2.61. The molecule has 2 unspecified atom stereocenters. The van der Waals surface area contributed by atoms with Gasteiger partial charge < -0.3 is 15.0 Å². The van der Waals surface area contributed by atoms with Gasteiger partial charge in [0.1, 0.15) is 0 Å². The molecule has 5 nitrogen and oxygen atoms in total. The van der Waals surface area contributed by atoms with Gasteiger partial charge in [0.2, 0.25) is 11.8 Å². The first-order valence-electron chi connectivity index (χ1n) is 13.4. The third-order valence-corrected chi connectivity index (χ3v) is 10.6. The number of likely N-dealkylation sites (tertiary alicyclic amines) is 1. The molecule has 1 aromatic rings. The minimum absolute atomic E-state index is 0.0470. The topological polar surface area (TPSA) is 58.6 Å². The second-order valence-electron chi connectivity index (χ2n) is 12.2. The lowest BCUT2D eigenvalue weighted by molar-refractivity contribution is -0.159. The second-order valence-corrected chi connectivity index (χ2v) is 12.2. The maximum absolute atomic E-state index is 12.4. The molecule has 0 spiro atoms. The lowest BCUT2D eigenvalue weighted by Crippen LogP contribution is -2.61. The number of ether oxygens (including phenoxy) is 1. The summed E-state index contributed by atoms with van der Waals surface area (Å²) in [6.45, 7) is 8.06. The Morgan fingerprint density at radius 2 is 1.76 bits per heavy atom. The van der Waals surface area contributed by atoms with Gasteiger partial charge in [-0.1, -0.05) is 26.0 Å². The molecule has 2 amide bonds. The molecule has 3 saturated carbocycles. The van der Waals surface area contributed by atoms with Crippen molar-refractivity contribution in [2.45, 2.75) is 84.8 Å². The molecular weight excluding hydrogens is 424 g/mol. The number of hydrogen-bond acceptors (Lipinski definition) is 3. The average molecular weight is 467 g/mol. The molecular formula is C29H42N2O3. The molecule has 1 saturated heterocycles. The fraction of sp³-hybridized carbons (Fsp3) is 0.724. The van der Waals surface area contributed by atoms with Crippen LogP contribution in [0, 0.1) is 34.5 Å². The number of hydrogen-bond donors (Lipinski definition) is 1. The van der Waals surface area contributed by atoms with Crippen molar-refractivity contribution in [1.82, 2.24) is 4.90 Å². The molecule has 0 aromatic heterocycles. The Morgan fingerprint density at radius 1 is 1.03 bits per heavy atom. The van der Waals surface area contributed by atoms with E-state index < -0.39 is 0 Å². The summed E-state index contributed by atoms with van der Waals surface area (Å²) < 4.78 is 6.27. The number of benzene rings is 1. The summed E-state index contributed by atoms with van der Waals surface area (Å²) in [5.41, 5.74) is 2.66. The fourth-order valence-corrected chi connectivity index (χ4v) is 8.74. The predicted octanol–water partition coefficient (Wildman–Crippen LogP) is 5.64. The molecule has 4 aliphatic rings. The van der Waals surface area contributed by atoms with Crippen molar-refractivity contribution in [3.8, 4) is 0 Å². The lowest BCUT2D eigenvalue weighted by atomic mass is 9.47. The molecule has 5 rings (SSSR count). The highest BCUT2D eigenvalue weighted by Crippen LogP contribution is 2.66. The minimum atomic E-state index is -0.0470. The van der Waals surface area contributed by atoms with Gasteiger partial charge >= 0.3 is 0 Å². The van der Waals surface area contributed by atoms with Crippen LogP contribution in [0.4, 0.5) is 5.69 Å². The van der Waals surface area contributed by atoms with E-state index in [0.717, 1.165) is 48.5 Å². The van der Waals surface area contributed by atoms with Gasteiger partial charge in [0.15, 0.2) is 0 Å². The average Bonchev–Trinajstić information content (AvgIpc) is 3.14. The van der Waals surface area contributed by atoms with Crippen LogP contribution in [0.5, 0.6) is 0 Å². The summed E-state index contributed by atoms with van der Waals surface area (Å²) in [7, 11) is 2.05. The zero-order valence-corrected chi connectivity index (χ0v) is 21.4. The summed E-state index contributed by atoms with van der Waals surface area (Å²) in [5.74, 6) is 3.32. The predicted molar refractivity (Wildman–Crippen MR) is 134 cm³/mol. The lowest BCUT2D eigenvalue weighted by Gasteiger charge is -2.61. The van der Waals surface area contributed by atoms with Gasteiger partial charge in [-0.3, -0.25) is 9.59 Å². The summed E-state index contributed by atoms with van der Waals surface area (Å²) in [6, 6.07) is 8.42. The Kier molecular flexibility index (Phi) is 6.29. The summed E-state index contributed by atoms with van der Waals surface area (Å²) >= 11 is 0. The maximum Gasteiger partial charge on any atom is 0.222 e. The van der Waals surface area contributed by atoms with Gasteiger partial charge in [0.25, 0.3) is 0 Å². The quantitative estimate of drug-likeness (QED) is 0.611. The van der Waals surface area contributed by atoms with Crippen molar-refractivity contribution in [2.75, 3.05) is 19.0 Å². The number of carbonyl (C=O) groups is 2. The smallest absolute Gasteiger partial charge is 0.222 e. The van der Waals surface area contributed by atoms with Gasteiger partial charge in [0.05, 0.1) is 13.2 Å². The summed E-state index contributed by atoms with van der Waals surface area (Å²) in [5, 5.41) is 2.82. The van der Waals surface area contributed by atoms with E-state index in [1.165, 1.54) is 45.4 Å². The Morgan fingerprint density at radius 3 is 2.50 bits per heavy atom. The first-order chi connectivity index (χ1) is 16.2. The van der Waals surface area contributed by atoms with Crippen LogP contribution in [0.2, 0.25) is 0 Å². The van der Waals surface area contributed by atoms with E-state index in [-0.39, 0.29) is 5.91 Å². The van der Waals surface area contributed by atoms with Crippen LogP contribution >= 0.6 is 0 Å². The van der Waals surface area contributed by atoms with Gasteiger partial charge in [-0.15, -0.1) is 0 Å². The van der Waals surface area contributed by atoms with Gasteiger partial charge in [-0.05, 0) is 97.1 Å². The first-order valence-corrected chi connectivity index (χ1v) is 13.4. The molecule has 186 valence electrons. The number of nitrogens with one attached hydrogen (secondary N) is 1. The largest absolute Gasteiger partial charge is 0.376 e. The Hall–Kier alpha value is -1.88. The third-order valence-electron chi connectivity index (χ3n) is 10.6. The van der Waals surface area contributed by atoms with E-state index in [9.17, 15) is 9.59 Å². The fourth-order valence-electron chi connectivity index (χ4n) is 8.74. The Labute approximate surface area is 205 Å². The van der Waals surface area contributed by atoms with Crippen LogP contribution in [0.15, 0.2) is 24.3 Å². The van der Waals surface area contributed by atoms with Crippen LogP contribution < -0.4 is 5.32 Å². The standard InChI is InChI=1S/C29H42N2O3/c1-19(32)30-22-8-5-20(6-9-22)17-34-18-21-7-11-24-23-10-12-26-29(3,16-14-27(33)31(26)4)25(23)13-15-28(21,24)2/h5-6,8-9,21,23-26H,7,10-18H2,1-4H3,(H,30,32)/t21?,23-,24-,25+,26?,28+,29+/m0/s1. The minimum Gasteiger partial charge on any atom is -0.376 e. The zero-order chi connectivity index (χ0) is 24.1. The van der Waals surface area contributed by atoms with Crippen molar-refractivity contribution in [1.29, 1.82) is 0 Å². The van der Waals surface area contributed by atoms with Crippen molar-refractivity contribution >= 4 is 17.5 Å². The molecule has 0 bridgehead atoms. The molecule has 1 aliphatic heterocycles. The molecule has 1 aromatic carbocycles. The second kappa shape index (κ2) is 8.96. The molecule has 1 N–H and O–H groups in total. The zero-order valence-electron chi connectivity index (χ0n) is 21.4. The molecule has 5 heteroatoms. The van der Waals surface area contributed by atoms with Crippen LogP contribution in [0.25, 0.3) is 0 Å². The normalized spacial score (nSPS) is 39.2. The molecule has 1 heterocycles. The SMILES string of the molecule is CC(=O)Nc1ccc(COCC2CC[C@H]3[C@@H]4CCC5N(C)C(=O)CC[C@]5(C)[C@@H]4CC[C@]23C)cc1. The Balaban J connectivity index is 1.21. The van der Waals surface area contributed by atoms with E-state index in [1.54, 1.807) is 0 Å². The van der Waals surface area contributed by atoms with Crippen LogP contribution in [-0.2, 0) is 20.9 Å². The summed E-state index contributed by atoms with van der Waals surface area (Å²) in [4.78, 5) is 25.7. The number of fused-ring (bicyclic) bond motifs is 5. The van der Waals surface area contributed by atoms with Crippen molar-refractivity contribution in [3.05, 3.63) is 29.8 Å². The van der Waals surface area contributed by atoms with Gasteiger partial charge in [-0.2, -0.15) is 0 Å². The molecule has 4 fully saturated rings. The number of carbonyl (C=O) groups excluding carboxylic acids is 2. The Bertz CT molecular complexity index is 930. The summed E-state index contributed by atoms with van der Waals surface area (Å²) in [6.07, 6.45) is 9.53. The van der Waals surface area contributed by atoms with E-state index in [2.05, 4.69) is 24.1 Å². The van der Waals surface area contributed by atoms with Crippen molar-refractivity contribution in [2.24, 2.45) is 34.5 Å². The number of piperidine rings is 1. The highest BCUT2D eigenvalue weighted by molar-refractivity contribution is 5.88. The maximum atomic E-state index is 12.4. The molecule has 7 atom stereocenters. The molecule has 0 radical (unpaired) electrons. The van der Waals surface area contributed by atoms with Gasteiger partial charge in [0, 0.05) is 32.1 Å². The van der Waals surface area contributed by atoms with Crippen LogP contribution in [0.1, 0.15) is 77.7 Å². The number of amides is 2. The van der Waals surface area contributed by atoms with Crippen LogP contribution in [0.3, 0.4) is 0 Å². The number of anilines is 1. The molecule has 3 aliphatic carbocycles.